The van der Waals surface area contributed by atoms with Crippen molar-refractivity contribution >= 4 is 28.4 Å². The topological polar surface area (TPSA) is 76.9 Å². The van der Waals surface area contributed by atoms with Crippen LogP contribution in [0.2, 0.25) is 0 Å². The molecule has 1 aromatic carbocycles. The highest BCUT2D eigenvalue weighted by molar-refractivity contribution is 6.00. The number of ketones is 1. The van der Waals surface area contributed by atoms with E-state index in [-0.39, 0.29) is 30.6 Å². The summed E-state index contributed by atoms with van der Waals surface area (Å²) in [5, 5.41) is 8.00. The number of pyridine rings is 1. The van der Waals surface area contributed by atoms with E-state index in [0.717, 1.165) is 22.2 Å². The van der Waals surface area contributed by atoms with Crippen molar-refractivity contribution in [2.24, 2.45) is 0 Å². The summed E-state index contributed by atoms with van der Waals surface area (Å²) in [7, 11) is 0. The van der Waals surface area contributed by atoms with Gasteiger partial charge in [-0.05, 0) is 51.0 Å². The van der Waals surface area contributed by atoms with E-state index in [1.807, 2.05) is 56.6 Å². The molecule has 0 aliphatic carbocycles. The van der Waals surface area contributed by atoms with E-state index in [1.54, 1.807) is 12.4 Å². The third-order valence-electron chi connectivity index (χ3n) is 4.61. The van der Waals surface area contributed by atoms with Gasteiger partial charge >= 0.3 is 0 Å². The minimum atomic E-state index is -0.204. The third kappa shape index (κ3) is 4.22. The predicted molar refractivity (Wildman–Crippen MR) is 106 cm³/mol. The van der Waals surface area contributed by atoms with Crippen LogP contribution in [-0.2, 0) is 4.79 Å². The molecule has 3 rings (SSSR count). The normalized spacial score (nSPS) is 11.1. The fourth-order valence-electron chi connectivity index (χ4n) is 2.90. The first-order valence-electron chi connectivity index (χ1n) is 9.08. The van der Waals surface area contributed by atoms with Gasteiger partial charge in [0.15, 0.2) is 11.4 Å². The fourth-order valence-corrected chi connectivity index (χ4v) is 2.90. The molecule has 0 radical (unpaired) electrons. The van der Waals surface area contributed by atoms with Gasteiger partial charge in [0.05, 0.1) is 18.1 Å². The number of aryl methyl sites for hydroxylation is 2. The molecule has 6 heteroatoms. The lowest BCUT2D eigenvalue weighted by Crippen LogP contribution is -2.14. The van der Waals surface area contributed by atoms with E-state index in [1.165, 1.54) is 0 Å². The third-order valence-corrected chi connectivity index (χ3v) is 4.61. The summed E-state index contributed by atoms with van der Waals surface area (Å²) in [5.41, 5.74) is 4.26. The summed E-state index contributed by atoms with van der Waals surface area (Å²) < 4.78 is 1.84. The Morgan fingerprint density at radius 2 is 1.85 bits per heavy atom. The van der Waals surface area contributed by atoms with Crippen molar-refractivity contribution < 1.29 is 9.59 Å². The van der Waals surface area contributed by atoms with E-state index >= 15 is 0 Å². The Labute approximate surface area is 158 Å². The minimum Gasteiger partial charge on any atom is -0.325 e. The maximum atomic E-state index is 12.3. The molecular formula is C21H24N4O2. The first-order valence-corrected chi connectivity index (χ1v) is 9.08. The summed E-state index contributed by atoms with van der Waals surface area (Å²) in [5.74, 6) is -0.232. The van der Waals surface area contributed by atoms with Crippen LogP contribution in [0.3, 0.4) is 0 Å². The first kappa shape index (κ1) is 18.8. The van der Waals surface area contributed by atoms with Crippen LogP contribution in [-0.4, -0.2) is 26.5 Å². The van der Waals surface area contributed by atoms with Gasteiger partial charge in [-0.2, -0.15) is 5.10 Å². The van der Waals surface area contributed by atoms with E-state index < -0.39 is 0 Å². The standard InChI is InChI=1S/C21H24N4O2/c1-13(2)25-21-17(11-23-25)10-18(12-22-21)24-20(27)8-7-19(26)16-6-5-14(3)15(4)9-16/h5-6,9-13H,7-8H2,1-4H3,(H,24,27). The number of hydrogen-bond donors (Lipinski definition) is 1. The van der Waals surface area contributed by atoms with Gasteiger partial charge in [-0.15, -0.1) is 0 Å². The molecule has 0 saturated carbocycles. The van der Waals surface area contributed by atoms with Crippen molar-refractivity contribution in [3.8, 4) is 0 Å². The Morgan fingerprint density at radius 3 is 2.56 bits per heavy atom. The summed E-state index contributed by atoms with van der Waals surface area (Å²) in [4.78, 5) is 28.9. The van der Waals surface area contributed by atoms with E-state index in [0.29, 0.717) is 11.3 Å². The number of Topliss-reactive ketones (excluding diaryl/α,β-unsaturated/α-hetero) is 1. The van der Waals surface area contributed by atoms with Gasteiger partial charge in [0, 0.05) is 29.8 Å². The van der Waals surface area contributed by atoms with Crippen LogP contribution in [0.1, 0.15) is 54.2 Å². The number of rotatable bonds is 6. The summed E-state index contributed by atoms with van der Waals surface area (Å²) in [6.07, 6.45) is 3.66. The molecule has 1 N–H and O–H groups in total. The predicted octanol–water partition coefficient (Wildman–Crippen LogP) is 4.23. The molecule has 0 bridgehead atoms. The molecule has 0 aliphatic heterocycles. The van der Waals surface area contributed by atoms with Crippen LogP contribution in [0.5, 0.6) is 0 Å². The number of nitrogens with zero attached hydrogens (tertiary/aromatic N) is 3. The second-order valence-electron chi connectivity index (χ2n) is 7.09. The zero-order chi connectivity index (χ0) is 19.6. The number of amides is 1. The van der Waals surface area contributed by atoms with E-state index in [4.69, 9.17) is 0 Å². The molecule has 0 saturated heterocycles. The van der Waals surface area contributed by atoms with Crippen molar-refractivity contribution in [1.82, 2.24) is 14.8 Å². The van der Waals surface area contributed by atoms with Gasteiger partial charge < -0.3 is 5.32 Å². The van der Waals surface area contributed by atoms with Crippen LogP contribution in [0, 0.1) is 13.8 Å². The minimum absolute atomic E-state index is 0.0277. The smallest absolute Gasteiger partial charge is 0.224 e. The maximum Gasteiger partial charge on any atom is 0.224 e. The molecule has 0 spiro atoms. The van der Waals surface area contributed by atoms with Crippen molar-refractivity contribution in [2.75, 3.05) is 5.32 Å². The van der Waals surface area contributed by atoms with Crippen LogP contribution >= 0.6 is 0 Å². The van der Waals surface area contributed by atoms with Gasteiger partial charge in [0.25, 0.3) is 0 Å². The number of aromatic nitrogens is 3. The lowest BCUT2D eigenvalue weighted by atomic mass is 10.0. The van der Waals surface area contributed by atoms with E-state index in [2.05, 4.69) is 15.4 Å². The van der Waals surface area contributed by atoms with Crippen molar-refractivity contribution in [3.05, 3.63) is 53.3 Å². The van der Waals surface area contributed by atoms with Gasteiger partial charge in [0.1, 0.15) is 0 Å². The molecule has 1 amide bonds. The molecule has 2 heterocycles. The van der Waals surface area contributed by atoms with E-state index in [9.17, 15) is 9.59 Å². The van der Waals surface area contributed by atoms with Crippen molar-refractivity contribution in [2.45, 2.75) is 46.6 Å². The average molecular weight is 364 g/mol. The van der Waals surface area contributed by atoms with Crippen molar-refractivity contribution in [3.63, 3.8) is 0 Å². The Hall–Kier alpha value is -3.02. The fraction of sp³-hybridized carbons (Fsp3) is 0.333. The van der Waals surface area contributed by atoms with Crippen LogP contribution < -0.4 is 5.32 Å². The Kier molecular flexibility index (Phi) is 5.35. The SMILES string of the molecule is Cc1ccc(C(=O)CCC(=O)Nc2cnc3c(cnn3C(C)C)c2)cc1C. The lowest BCUT2D eigenvalue weighted by molar-refractivity contribution is -0.116. The Balaban J connectivity index is 1.61. The number of nitrogens with one attached hydrogen (secondary N) is 1. The highest BCUT2D eigenvalue weighted by Gasteiger charge is 2.12. The average Bonchev–Trinajstić information content (AvgIpc) is 3.05. The Morgan fingerprint density at radius 1 is 1.07 bits per heavy atom. The molecule has 0 unspecified atom stereocenters. The summed E-state index contributed by atoms with van der Waals surface area (Å²) in [6, 6.07) is 7.68. The number of carbonyl (C=O) groups is 2. The first-order chi connectivity index (χ1) is 12.8. The highest BCUT2D eigenvalue weighted by atomic mass is 16.2. The zero-order valence-electron chi connectivity index (χ0n) is 16.1. The molecule has 0 atom stereocenters. The number of carbonyl (C=O) groups excluding carboxylic acids is 2. The van der Waals surface area contributed by atoms with Gasteiger partial charge in [0.2, 0.25) is 5.91 Å². The second-order valence-corrected chi connectivity index (χ2v) is 7.09. The molecule has 140 valence electrons. The molecule has 2 aromatic heterocycles. The number of fused-ring (bicyclic) bond motifs is 1. The van der Waals surface area contributed by atoms with Gasteiger partial charge in [-0.1, -0.05) is 12.1 Å². The van der Waals surface area contributed by atoms with Crippen LogP contribution in [0.15, 0.2) is 36.7 Å². The van der Waals surface area contributed by atoms with Gasteiger partial charge in [-0.25, -0.2) is 9.67 Å². The summed E-state index contributed by atoms with van der Waals surface area (Å²) in [6.45, 7) is 8.06. The summed E-state index contributed by atoms with van der Waals surface area (Å²) >= 11 is 0. The molecule has 0 aliphatic rings. The van der Waals surface area contributed by atoms with Crippen molar-refractivity contribution in [1.29, 1.82) is 0 Å². The van der Waals surface area contributed by atoms with Crippen LogP contribution in [0.4, 0.5) is 5.69 Å². The van der Waals surface area contributed by atoms with Crippen LogP contribution in [0.25, 0.3) is 11.0 Å². The lowest BCUT2D eigenvalue weighted by Gasteiger charge is -2.08. The molecular weight excluding hydrogens is 340 g/mol. The molecule has 0 fully saturated rings. The van der Waals surface area contributed by atoms with Gasteiger partial charge in [-0.3, -0.25) is 9.59 Å². The largest absolute Gasteiger partial charge is 0.325 e. The molecule has 27 heavy (non-hydrogen) atoms. The molecule has 3 aromatic rings. The highest BCUT2D eigenvalue weighted by Crippen LogP contribution is 2.19. The molecule has 6 nitrogen and oxygen atoms in total. The Bertz CT molecular complexity index is 1000. The zero-order valence-corrected chi connectivity index (χ0v) is 16.1. The number of anilines is 1. The second kappa shape index (κ2) is 7.70. The number of benzene rings is 1. The maximum absolute atomic E-state index is 12.3. The number of hydrogen-bond acceptors (Lipinski definition) is 4. The quantitative estimate of drug-likeness (QED) is 0.664. The monoisotopic (exact) mass is 364 g/mol.